The molecular weight excluding hydrogens is 234 g/mol. The van der Waals surface area contributed by atoms with Crippen molar-refractivity contribution in [2.75, 3.05) is 13.2 Å². The third-order valence-corrected chi connectivity index (χ3v) is 2.70. The molecule has 0 aromatic heterocycles. The minimum atomic E-state index is -1.27. The maximum Gasteiger partial charge on any atom is 0.323 e. The van der Waals surface area contributed by atoms with Gasteiger partial charge in [-0.3, -0.25) is 4.79 Å². The molecule has 0 fully saturated rings. The van der Waals surface area contributed by atoms with Gasteiger partial charge in [0.05, 0.1) is 6.61 Å². The van der Waals surface area contributed by atoms with E-state index in [4.69, 9.17) is 20.7 Å². The third-order valence-electron chi connectivity index (χ3n) is 2.70. The zero-order chi connectivity index (χ0) is 13.6. The van der Waals surface area contributed by atoms with E-state index in [1.165, 1.54) is 6.92 Å². The summed E-state index contributed by atoms with van der Waals surface area (Å²) in [6, 6.07) is 7.31. The maximum absolute atomic E-state index is 10.8. The van der Waals surface area contributed by atoms with Gasteiger partial charge in [0.1, 0.15) is 11.3 Å². The van der Waals surface area contributed by atoms with E-state index in [2.05, 4.69) is 0 Å². The third kappa shape index (κ3) is 4.35. The fourth-order valence-electron chi connectivity index (χ4n) is 1.37. The summed E-state index contributed by atoms with van der Waals surface area (Å²) < 4.78 is 5.42. The highest BCUT2D eigenvalue weighted by molar-refractivity contribution is 5.77. The molecular formula is C13H19NO4. The van der Waals surface area contributed by atoms with Gasteiger partial charge < -0.3 is 20.7 Å². The van der Waals surface area contributed by atoms with Gasteiger partial charge in [-0.05, 0) is 31.0 Å². The Kier molecular flexibility index (Phi) is 5.12. The number of carboxylic acids is 1. The Morgan fingerprint density at radius 1 is 1.39 bits per heavy atom. The van der Waals surface area contributed by atoms with Crippen LogP contribution in [0.1, 0.15) is 18.9 Å². The number of benzene rings is 1. The van der Waals surface area contributed by atoms with E-state index in [9.17, 15) is 4.79 Å². The standard InChI is InChI=1S/C13H19NO4/c1-13(14,12(16)17)7-9-18-11-4-2-10(3-5-11)6-8-15/h2-5,15H,6-9,14H2,1H3,(H,16,17). The topological polar surface area (TPSA) is 92.8 Å². The predicted molar refractivity (Wildman–Crippen MR) is 67.6 cm³/mol. The fourth-order valence-corrected chi connectivity index (χ4v) is 1.37. The number of carbonyl (C=O) groups is 1. The Labute approximate surface area is 106 Å². The summed E-state index contributed by atoms with van der Waals surface area (Å²) in [5.41, 5.74) is 5.34. The molecule has 1 unspecified atom stereocenters. The van der Waals surface area contributed by atoms with Crippen molar-refractivity contribution in [1.82, 2.24) is 0 Å². The number of aliphatic hydroxyl groups excluding tert-OH is 1. The first-order chi connectivity index (χ1) is 8.45. The molecule has 4 N–H and O–H groups in total. The maximum atomic E-state index is 10.8. The van der Waals surface area contributed by atoms with Gasteiger partial charge in [-0.2, -0.15) is 0 Å². The minimum Gasteiger partial charge on any atom is -0.494 e. The van der Waals surface area contributed by atoms with Gasteiger partial charge >= 0.3 is 5.97 Å². The van der Waals surface area contributed by atoms with Crippen molar-refractivity contribution in [3.05, 3.63) is 29.8 Å². The Hall–Kier alpha value is -1.59. The largest absolute Gasteiger partial charge is 0.494 e. The molecule has 1 aromatic rings. The number of carboxylic acid groups (broad SMARTS) is 1. The summed E-state index contributed by atoms with van der Waals surface area (Å²) in [5, 5.41) is 17.6. The molecule has 1 rings (SSSR count). The molecule has 1 atom stereocenters. The number of rotatable bonds is 7. The Morgan fingerprint density at radius 2 is 2.00 bits per heavy atom. The molecule has 0 aliphatic heterocycles. The van der Waals surface area contributed by atoms with Crippen LogP contribution in [0.3, 0.4) is 0 Å². The lowest BCUT2D eigenvalue weighted by Crippen LogP contribution is -2.45. The van der Waals surface area contributed by atoms with Crippen LogP contribution in [0.15, 0.2) is 24.3 Å². The van der Waals surface area contributed by atoms with Crippen molar-refractivity contribution < 1.29 is 19.7 Å². The van der Waals surface area contributed by atoms with Gasteiger partial charge in [-0.15, -0.1) is 0 Å². The van der Waals surface area contributed by atoms with Gasteiger partial charge in [-0.1, -0.05) is 12.1 Å². The molecule has 0 spiro atoms. The number of nitrogens with two attached hydrogens (primary N) is 1. The molecule has 0 aliphatic rings. The summed E-state index contributed by atoms with van der Waals surface area (Å²) in [5.74, 6) is -0.373. The first-order valence-electron chi connectivity index (χ1n) is 5.80. The molecule has 0 radical (unpaired) electrons. The van der Waals surface area contributed by atoms with Crippen LogP contribution >= 0.6 is 0 Å². The van der Waals surface area contributed by atoms with Crippen LogP contribution in [0.4, 0.5) is 0 Å². The molecule has 0 bridgehead atoms. The quantitative estimate of drug-likeness (QED) is 0.668. The van der Waals surface area contributed by atoms with Gasteiger partial charge in [0.25, 0.3) is 0 Å². The number of aliphatic hydroxyl groups is 1. The van der Waals surface area contributed by atoms with Crippen LogP contribution < -0.4 is 10.5 Å². The monoisotopic (exact) mass is 253 g/mol. The molecule has 0 amide bonds. The van der Waals surface area contributed by atoms with Crippen molar-refractivity contribution in [3.8, 4) is 5.75 Å². The van der Waals surface area contributed by atoms with E-state index in [1.54, 1.807) is 12.1 Å². The summed E-state index contributed by atoms with van der Waals surface area (Å²) in [6.07, 6.45) is 0.848. The lowest BCUT2D eigenvalue weighted by atomic mass is 10.0. The lowest BCUT2D eigenvalue weighted by molar-refractivity contribution is -0.143. The first kappa shape index (κ1) is 14.5. The van der Waals surface area contributed by atoms with Gasteiger partial charge in [0, 0.05) is 13.0 Å². The van der Waals surface area contributed by atoms with E-state index in [-0.39, 0.29) is 19.6 Å². The van der Waals surface area contributed by atoms with Crippen LogP contribution in [0.25, 0.3) is 0 Å². The summed E-state index contributed by atoms with van der Waals surface area (Å²) in [4.78, 5) is 10.8. The first-order valence-corrected chi connectivity index (χ1v) is 5.80. The normalized spacial score (nSPS) is 13.9. The van der Waals surface area contributed by atoms with E-state index in [0.29, 0.717) is 12.2 Å². The van der Waals surface area contributed by atoms with Gasteiger partial charge in [0.15, 0.2) is 0 Å². The van der Waals surface area contributed by atoms with Crippen molar-refractivity contribution in [2.45, 2.75) is 25.3 Å². The molecule has 0 saturated heterocycles. The van der Waals surface area contributed by atoms with Crippen molar-refractivity contribution in [3.63, 3.8) is 0 Å². The smallest absolute Gasteiger partial charge is 0.323 e. The molecule has 0 heterocycles. The van der Waals surface area contributed by atoms with E-state index in [0.717, 1.165) is 5.56 Å². The van der Waals surface area contributed by atoms with Crippen LogP contribution in [0, 0.1) is 0 Å². The number of ether oxygens (including phenoxy) is 1. The number of hydrogen-bond acceptors (Lipinski definition) is 4. The Morgan fingerprint density at radius 3 is 2.50 bits per heavy atom. The van der Waals surface area contributed by atoms with Crippen LogP contribution in [-0.2, 0) is 11.2 Å². The van der Waals surface area contributed by atoms with E-state index < -0.39 is 11.5 Å². The second-order valence-corrected chi connectivity index (χ2v) is 4.44. The molecule has 5 heteroatoms. The summed E-state index contributed by atoms with van der Waals surface area (Å²) in [7, 11) is 0. The van der Waals surface area contributed by atoms with Crippen molar-refractivity contribution >= 4 is 5.97 Å². The second kappa shape index (κ2) is 6.37. The highest BCUT2D eigenvalue weighted by Gasteiger charge is 2.27. The molecule has 1 aromatic carbocycles. The van der Waals surface area contributed by atoms with Crippen LogP contribution in [0.5, 0.6) is 5.75 Å². The molecule has 5 nitrogen and oxygen atoms in total. The lowest BCUT2D eigenvalue weighted by Gasteiger charge is -2.19. The van der Waals surface area contributed by atoms with Crippen molar-refractivity contribution in [2.24, 2.45) is 5.73 Å². The van der Waals surface area contributed by atoms with E-state index >= 15 is 0 Å². The molecule has 0 aliphatic carbocycles. The Balaban J connectivity index is 2.42. The van der Waals surface area contributed by atoms with Gasteiger partial charge in [0.2, 0.25) is 0 Å². The highest BCUT2D eigenvalue weighted by Crippen LogP contribution is 2.14. The molecule has 100 valence electrons. The number of hydrogen-bond donors (Lipinski definition) is 3. The summed E-state index contributed by atoms with van der Waals surface area (Å²) >= 11 is 0. The predicted octanol–water partition coefficient (Wildman–Crippen LogP) is 0.792. The summed E-state index contributed by atoms with van der Waals surface area (Å²) in [6.45, 7) is 1.83. The van der Waals surface area contributed by atoms with E-state index in [1.807, 2.05) is 12.1 Å². The molecule has 18 heavy (non-hydrogen) atoms. The minimum absolute atomic E-state index is 0.115. The average Bonchev–Trinajstić information content (AvgIpc) is 2.31. The average molecular weight is 253 g/mol. The van der Waals surface area contributed by atoms with Crippen molar-refractivity contribution in [1.29, 1.82) is 0 Å². The molecule has 0 saturated carbocycles. The highest BCUT2D eigenvalue weighted by atomic mass is 16.5. The van der Waals surface area contributed by atoms with Gasteiger partial charge in [-0.25, -0.2) is 0 Å². The van der Waals surface area contributed by atoms with Crippen LogP contribution in [0.2, 0.25) is 0 Å². The van der Waals surface area contributed by atoms with Crippen LogP contribution in [-0.4, -0.2) is 34.9 Å². The number of aliphatic carboxylic acids is 1. The fraction of sp³-hybridized carbons (Fsp3) is 0.462. The zero-order valence-corrected chi connectivity index (χ0v) is 10.4. The zero-order valence-electron chi connectivity index (χ0n) is 10.4. The second-order valence-electron chi connectivity index (χ2n) is 4.44. The Bertz CT molecular complexity index is 386. The SMILES string of the molecule is CC(N)(CCOc1ccc(CCO)cc1)C(=O)O.